The van der Waals surface area contributed by atoms with Crippen LogP contribution in [0, 0.1) is 0 Å². The predicted molar refractivity (Wildman–Crippen MR) is 56.6 cm³/mol. The van der Waals surface area contributed by atoms with Gasteiger partial charge in [-0.3, -0.25) is 4.99 Å². The second kappa shape index (κ2) is 4.91. The zero-order valence-corrected chi connectivity index (χ0v) is 9.02. The molecular weight excluding hydrogens is 146 g/mol. The molecule has 0 saturated heterocycles. The molecule has 0 fully saturated rings. The Morgan fingerprint density at radius 1 is 0.917 bits per heavy atom. The predicted octanol–water partition coefficient (Wildman–Crippen LogP) is 3.73. The first-order valence-corrected chi connectivity index (χ1v) is 4.27. The van der Waals surface area contributed by atoms with E-state index in [4.69, 9.17) is 0 Å². The van der Waals surface area contributed by atoms with Gasteiger partial charge in [-0.25, -0.2) is 0 Å². The number of hydrogen-bond acceptors (Lipinski definition) is 1. The van der Waals surface area contributed by atoms with E-state index in [1.54, 1.807) is 0 Å². The van der Waals surface area contributed by atoms with Crippen molar-refractivity contribution < 1.29 is 0 Å². The first kappa shape index (κ1) is 11.2. The molecule has 0 aliphatic heterocycles. The standard InChI is InChI=1S/C11H19N/c1-8(2)7-11(9(3)4)12-10(5)6/h7H,1-6H3. The minimum Gasteiger partial charge on any atom is -0.259 e. The molecule has 0 aliphatic carbocycles. The van der Waals surface area contributed by atoms with Gasteiger partial charge in [0.05, 0.1) is 5.70 Å². The molecular formula is C11H19N. The van der Waals surface area contributed by atoms with Crippen molar-refractivity contribution in [1.82, 2.24) is 0 Å². The van der Waals surface area contributed by atoms with Gasteiger partial charge in [0.1, 0.15) is 0 Å². The monoisotopic (exact) mass is 165 g/mol. The lowest BCUT2D eigenvalue weighted by atomic mass is 10.2. The highest BCUT2D eigenvalue weighted by atomic mass is 14.7. The van der Waals surface area contributed by atoms with Crippen LogP contribution >= 0.6 is 0 Å². The Hall–Kier alpha value is -0.850. The quantitative estimate of drug-likeness (QED) is 0.437. The van der Waals surface area contributed by atoms with Crippen molar-refractivity contribution in [2.24, 2.45) is 4.99 Å². The van der Waals surface area contributed by atoms with Gasteiger partial charge in [-0.15, -0.1) is 0 Å². The van der Waals surface area contributed by atoms with Crippen LogP contribution in [-0.4, -0.2) is 5.71 Å². The normalized spacial score (nSPS) is 8.83. The molecule has 0 atom stereocenters. The first-order chi connectivity index (χ1) is 5.43. The van der Waals surface area contributed by atoms with Crippen LogP contribution in [-0.2, 0) is 0 Å². The molecule has 0 aromatic rings. The fourth-order valence-electron chi connectivity index (χ4n) is 0.803. The third-order valence-corrected chi connectivity index (χ3v) is 1.28. The van der Waals surface area contributed by atoms with Gasteiger partial charge in [0, 0.05) is 5.71 Å². The van der Waals surface area contributed by atoms with E-state index < -0.39 is 0 Å². The zero-order valence-electron chi connectivity index (χ0n) is 9.02. The summed E-state index contributed by atoms with van der Waals surface area (Å²) in [5, 5.41) is 0. The van der Waals surface area contributed by atoms with E-state index in [0.29, 0.717) is 0 Å². The number of rotatable bonds is 2. The van der Waals surface area contributed by atoms with Crippen molar-refractivity contribution >= 4 is 5.71 Å². The van der Waals surface area contributed by atoms with Gasteiger partial charge in [0.2, 0.25) is 0 Å². The molecule has 0 N–H and O–H groups in total. The summed E-state index contributed by atoms with van der Waals surface area (Å²) >= 11 is 0. The van der Waals surface area contributed by atoms with Gasteiger partial charge in [-0.05, 0) is 47.6 Å². The maximum Gasteiger partial charge on any atom is 0.0614 e. The van der Waals surface area contributed by atoms with Crippen molar-refractivity contribution in [3.8, 4) is 0 Å². The summed E-state index contributed by atoms with van der Waals surface area (Å²) in [6.07, 6.45) is 2.11. The highest BCUT2D eigenvalue weighted by molar-refractivity contribution is 5.80. The Morgan fingerprint density at radius 2 is 1.42 bits per heavy atom. The third kappa shape index (κ3) is 4.89. The fourth-order valence-corrected chi connectivity index (χ4v) is 0.803. The molecule has 0 spiro atoms. The summed E-state index contributed by atoms with van der Waals surface area (Å²) in [7, 11) is 0. The lowest BCUT2D eigenvalue weighted by Gasteiger charge is -2.00. The lowest BCUT2D eigenvalue weighted by Crippen LogP contribution is -1.85. The van der Waals surface area contributed by atoms with Crippen LogP contribution in [0.25, 0.3) is 0 Å². The second-order valence-electron chi connectivity index (χ2n) is 3.67. The molecule has 0 rings (SSSR count). The van der Waals surface area contributed by atoms with E-state index in [1.807, 2.05) is 13.8 Å². The fraction of sp³-hybridized carbons (Fsp3) is 0.545. The van der Waals surface area contributed by atoms with Crippen LogP contribution in [0.3, 0.4) is 0 Å². The summed E-state index contributed by atoms with van der Waals surface area (Å²) in [5.74, 6) is 0. The average Bonchev–Trinajstić information content (AvgIpc) is 1.83. The topological polar surface area (TPSA) is 12.4 Å². The maximum atomic E-state index is 4.44. The average molecular weight is 165 g/mol. The summed E-state index contributed by atoms with van der Waals surface area (Å²) in [6.45, 7) is 12.4. The van der Waals surface area contributed by atoms with Crippen LogP contribution in [0.2, 0.25) is 0 Å². The smallest absolute Gasteiger partial charge is 0.0614 e. The van der Waals surface area contributed by atoms with Gasteiger partial charge in [0.15, 0.2) is 0 Å². The molecule has 12 heavy (non-hydrogen) atoms. The number of nitrogens with zero attached hydrogens (tertiary/aromatic N) is 1. The molecule has 0 saturated carbocycles. The van der Waals surface area contributed by atoms with Gasteiger partial charge in [-0.2, -0.15) is 0 Å². The van der Waals surface area contributed by atoms with Gasteiger partial charge < -0.3 is 0 Å². The Kier molecular flexibility index (Phi) is 4.57. The van der Waals surface area contributed by atoms with Crippen molar-refractivity contribution in [2.75, 3.05) is 0 Å². The SMILES string of the molecule is CC(C)=CC(N=C(C)C)=C(C)C. The highest BCUT2D eigenvalue weighted by Crippen LogP contribution is 2.09. The first-order valence-electron chi connectivity index (χ1n) is 4.27. The van der Waals surface area contributed by atoms with E-state index in [-0.39, 0.29) is 0 Å². The summed E-state index contributed by atoms with van der Waals surface area (Å²) in [4.78, 5) is 4.44. The van der Waals surface area contributed by atoms with Crippen LogP contribution < -0.4 is 0 Å². The van der Waals surface area contributed by atoms with Crippen LogP contribution in [0.15, 0.2) is 27.9 Å². The number of hydrogen-bond donors (Lipinski definition) is 0. The summed E-state index contributed by atoms with van der Waals surface area (Å²) in [6, 6.07) is 0. The lowest BCUT2D eigenvalue weighted by molar-refractivity contribution is 1.22. The van der Waals surface area contributed by atoms with Gasteiger partial charge >= 0.3 is 0 Å². The summed E-state index contributed by atoms with van der Waals surface area (Å²) in [5.41, 5.74) is 4.74. The molecule has 1 nitrogen and oxygen atoms in total. The summed E-state index contributed by atoms with van der Waals surface area (Å²) < 4.78 is 0. The van der Waals surface area contributed by atoms with E-state index in [0.717, 1.165) is 11.4 Å². The minimum atomic E-state index is 1.09. The molecule has 0 unspecified atom stereocenters. The Balaban J connectivity index is 4.86. The van der Waals surface area contributed by atoms with Crippen LogP contribution in [0.5, 0.6) is 0 Å². The van der Waals surface area contributed by atoms with E-state index in [1.165, 1.54) is 11.1 Å². The third-order valence-electron chi connectivity index (χ3n) is 1.28. The van der Waals surface area contributed by atoms with Crippen molar-refractivity contribution in [3.63, 3.8) is 0 Å². The largest absolute Gasteiger partial charge is 0.259 e. The molecule has 0 amide bonds. The molecule has 0 radical (unpaired) electrons. The second-order valence-corrected chi connectivity index (χ2v) is 3.67. The Morgan fingerprint density at radius 3 is 1.67 bits per heavy atom. The molecule has 68 valence electrons. The van der Waals surface area contributed by atoms with E-state index in [9.17, 15) is 0 Å². The van der Waals surface area contributed by atoms with Crippen LogP contribution in [0.4, 0.5) is 0 Å². The molecule has 0 bridgehead atoms. The van der Waals surface area contributed by atoms with E-state index >= 15 is 0 Å². The van der Waals surface area contributed by atoms with Crippen LogP contribution in [0.1, 0.15) is 41.5 Å². The highest BCUT2D eigenvalue weighted by Gasteiger charge is 1.92. The number of allylic oxidation sites excluding steroid dienone is 3. The molecule has 0 aromatic heterocycles. The molecule has 0 aromatic carbocycles. The Bertz CT molecular complexity index is 210. The maximum absolute atomic E-state index is 4.44. The van der Waals surface area contributed by atoms with Crippen molar-refractivity contribution in [3.05, 3.63) is 22.9 Å². The minimum absolute atomic E-state index is 1.09. The van der Waals surface area contributed by atoms with Crippen molar-refractivity contribution in [2.45, 2.75) is 41.5 Å². The number of aliphatic imine (C=N–C) groups is 1. The van der Waals surface area contributed by atoms with E-state index in [2.05, 4.69) is 38.8 Å². The zero-order chi connectivity index (χ0) is 9.72. The molecule has 1 heteroatoms. The van der Waals surface area contributed by atoms with Gasteiger partial charge in [0.25, 0.3) is 0 Å². The van der Waals surface area contributed by atoms with Gasteiger partial charge in [-0.1, -0.05) is 11.1 Å². The molecule has 0 heterocycles. The Labute approximate surface area is 75.9 Å². The van der Waals surface area contributed by atoms with Crippen molar-refractivity contribution in [1.29, 1.82) is 0 Å². The molecule has 0 aliphatic rings.